The van der Waals surface area contributed by atoms with Crippen LogP contribution in [0.4, 0.5) is 24.5 Å². The second-order valence-electron chi connectivity index (χ2n) is 4.99. The molecule has 0 aliphatic heterocycles. The molecular weight excluding hydrogens is 389 g/mol. The van der Waals surface area contributed by atoms with Crippen molar-refractivity contribution >= 4 is 40.7 Å². The summed E-state index contributed by atoms with van der Waals surface area (Å²) in [6.07, 6.45) is -2.19. The van der Waals surface area contributed by atoms with Gasteiger partial charge in [-0.15, -0.1) is 11.3 Å². The van der Waals surface area contributed by atoms with Gasteiger partial charge in [0.2, 0.25) is 0 Å². The lowest BCUT2D eigenvalue weighted by molar-refractivity contribution is -0.384. The Hall–Kier alpha value is -3.21. The molecule has 1 N–H and O–H groups in total. The molecule has 0 atom stereocenters. The predicted octanol–water partition coefficient (Wildman–Crippen LogP) is 3.87. The second kappa shape index (κ2) is 8.45. The number of esters is 1. The Morgan fingerprint density at radius 2 is 2.04 bits per heavy atom. The number of rotatable bonds is 6. The van der Waals surface area contributed by atoms with E-state index in [-0.39, 0.29) is 0 Å². The highest BCUT2D eigenvalue weighted by Gasteiger charge is 2.33. The van der Waals surface area contributed by atoms with Crippen molar-refractivity contribution in [3.8, 4) is 0 Å². The number of hydrogen-bond acceptors (Lipinski definition) is 6. The van der Waals surface area contributed by atoms with Gasteiger partial charge in [-0.05, 0) is 29.7 Å². The first kappa shape index (κ1) is 20.1. The van der Waals surface area contributed by atoms with Crippen LogP contribution >= 0.6 is 11.3 Å². The fourth-order valence-corrected chi connectivity index (χ4v) is 2.49. The van der Waals surface area contributed by atoms with Gasteiger partial charge < -0.3 is 10.1 Å². The normalized spacial score (nSPS) is 11.4. The molecule has 1 amide bonds. The van der Waals surface area contributed by atoms with Crippen molar-refractivity contribution in [3.05, 3.63) is 62.3 Å². The molecular formula is C16H11F3N2O5S. The van der Waals surface area contributed by atoms with Gasteiger partial charge in [0.15, 0.2) is 6.61 Å². The third-order valence-corrected chi connectivity index (χ3v) is 3.91. The molecule has 0 bridgehead atoms. The lowest BCUT2D eigenvalue weighted by Crippen LogP contribution is -2.21. The topological polar surface area (TPSA) is 98.5 Å². The standard InChI is InChI=1S/C16H11F3N2O5S/c17-16(18,19)10-3-5-12(13(8-10)21(24)25)20-14(22)9-26-15(23)6-4-11-2-1-7-27-11/h1-8H,9H2,(H,20,22)/b6-4+. The minimum Gasteiger partial charge on any atom is -0.452 e. The quantitative estimate of drug-likeness (QED) is 0.344. The summed E-state index contributed by atoms with van der Waals surface area (Å²) in [6.45, 7) is -0.758. The third kappa shape index (κ3) is 5.92. The molecule has 0 spiro atoms. The van der Waals surface area contributed by atoms with Gasteiger partial charge in [0.1, 0.15) is 5.69 Å². The fraction of sp³-hybridized carbons (Fsp3) is 0.125. The van der Waals surface area contributed by atoms with Crippen LogP contribution in [0.5, 0.6) is 0 Å². The van der Waals surface area contributed by atoms with Gasteiger partial charge in [-0.25, -0.2) is 4.79 Å². The van der Waals surface area contributed by atoms with Gasteiger partial charge >= 0.3 is 12.1 Å². The molecule has 0 fully saturated rings. The molecule has 2 aromatic rings. The maximum absolute atomic E-state index is 12.6. The second-order valence-corrected chi connectivity index (χ2v) is 5.97. The van der Waals surface area contributed by atoms with E-state index in [4.69, 9.17) is 0 Å². The lowest BCUT2D eigenvalue weighted by atomic mass is 10.1. The molecule has 1 aromatic heterocycles. The first-order valence-corrected chi connectivity index (χ1v) is 8.08. The van der Waals surface area contributed by atoms with E-state index >= 15 is 0 Å². The average molecular weight is 400 g/mol. The highest BCUT2D eigenvalue weighted by molar-refractivity contribution is 7.10. The van der Waals surface area contributed by atoms with Crippen molar-refractivity contribution in [1.82, 2.24) is 0 Å². The average Bonchev–Trinajstić information content (AvgIpc) is 3.10. The van der Waals surface area contributed by atoms with Gasteiger partial charge in [-0.2, -0.15) is 13.2 Å². The summed E-state index contributed by atoms with van der Waals surface area (Å²) in [6, 6.07) is 5.20. The smallest absolute Gasteiger partial charge is 0.416 e. The van der Waals surface area contributed by atoms with Crippen LogP contribution in [-0.2, 0) is 20.5 Å². The van der Waals surface area contributed by atoms with Gasteiger partial charge in [0, 0.05) is 17.0 Å². The van der Waals surface area contributed by atoms with Crippen LogP contribution in [0, 0.1) is 10.1 Å². The summed E-state index contributed by atoms with van der Waals surface area (Å²) in [4.78, 5) is 33.9. The van der Waals surface area contributed by atoms with E-state index in [1.807, 2.05) is 5.32 Å². The number of nitrogens with zero attached hydrogens (tertiary/aromatic N) is 1. The number of hydrogen-bond donors (Lipinski definition) is 1. The van der Waals surface area contributed by atoms with Crippen LogP contribution in [0.3, 0.4) is 0 Å². The number of carbonyl (C=O) groups excluding carboxylic acids is 2. The highest BCUT2D eigenvalue weighted by atomic mass is 32.1. The van der Waals surface area contributed by atoms with Crippen molar-refractivity contribution in [2.45, 2.75) is 6.18 Å². The first-order chi connectivity index (χ1) is 12.7. The summed E-state index contributed by atoms with van der Waals surface area (Å²) in [5.41, 5.74) is -2.59. The highest BCUT2D eigenvalue weighted by Crippen LogP contribution is 2.34. The number of nitro benzene ring substituents is 1. The van der Waals surface area contributed by atoms with E-state index in [1.54, 1.807) is 17.5 Å². The molecule has 0 radical (unpaired) electrons. The zero-order valence-electron chi connectivity index (χ0n) is 13.4. The molecule has 7 nitrogen and oxygen atoms in total. The Morgan fingerprint density at radius 1 is 1.30 bits per heavy atom. The molecule has 0 aliphatic carbocycles. The zero-order chi connectivity index (χ0) is 20.0. The minimum atomic E-state index is -4.77. The number of halogens is 3. The number of ether oxygens (including phenoxy) is 1. The van der Waals surface area contributed by atoms with Crippen molar-refractivity contribution in [3.63, 3.8) is 0 Å². The Bertz CT molecular complexity index is 879. The van der Waals surface area contributed by atoms with Crippen LogP contribution in [0.15, 0.2) is 41.8 Å². The van der Waals surface area contributed by atoms with E-state index in [9.17, 15) is 32.9 Å². The van der Waals surface area contributed by atoms with E-state index in [0.29, 0.717) is 12.1 Å². The SMILES string of the molecule is O=C(COC(=O)/C=C/c1cccs1)Nc1ccc(C(F)(F)F)cc1[N+](=O)[O-]. The fourth-order valence-electron chi connectivity index (χ4n) is 1.87. The summed E-state index contributed by atoms with van der Waals surface area (Å²) in [7, 11) is 0. The maximum Gasteiger partial charge on any atom is 0.416 e. The van der Waals surface area contributed by atoms with E-state index in [2.05, 4.69) is 4.74 Å². The molecule has 1 aromatic carbocycles. The molecule has 0 unspecified atom stereocenters. The largest absolute Gasteiger partial charge is 0.452 e. The van der Waals surface area contributed by atoms with Crippen LogP contribution in [-0.4, -0.2) is 23.4 Å². The summed E-state index contributed by atoms with van der Waals surface area (Å²) < 4.78 is 42.6. The number of alkyl halides is 3. The Morgan fingerprint density at radius 3 is 2.63 bits per heavy atom. The van der Waals surface area contributed by atoms with E-state index in [1.165, 1.54) is 17.4 Å². The summed E-state index contributed by atoms with van der Waals surface area (Å²) >= 11 is 1.38. The van der Waals surface area contributed by atoms with Crippen LogP contribution in [0.1, 0.15) is 10.4 Å². The van der Waals surface area contributed by atoms with Crippen molar-refractivity contribution in [2.75, 3.05) is 11.9 Å². The molecule has 142 valence electrons. The molecule has 27 heavy (non-hydrogen) atoms. The molecule has 0 saturated carbocycles. The lowest BCUT2D eigenvalue weighted by Gasteiger charge is -2.10. The number of nitro groups is 1. The predicted molar refractivity (Wildman–Crippen MR) is 91.0 cm³/mol. The Labute approximate surface area is 154 Å². The summed E-state index contributed by atoms with van der Waals surface area (Å²) in [5.74, 6) is -1.75. The van der Waals surface area contributed by atoms with Crippen LogP contribution < -0.4 is 5.32 Å². The third-order valence-electron chi connectivity index (χ3n) is 3.07. The van der Waals surface area contributed by atoms with Gasteiger partial charge in [0.25, 0.3) is 11.6 Å². The molecule has 2 rings (SSSR count). The molecule has 1 heterocycles. The first-order valence-electron chi connectivity index (χ1n) is 7.20. The molecule has 0 saturated heterocycles. The number of thiophene rings is 1. The van der Waals surface area contributed by atoms with Crippen LogP contribution in [0.2, 0.25) is 0 Å². The number of anilines is 1. The zero-order valence-corrected chi connectivity index (χ0v) is 14.2. The van der Waals surface area contributed by atoms with Crippen LogP contribution in [0.25, 0.3) is 6.08 Å². The van der Waals surface area contributed by atoms with Crippen molar-refractivity contribution in [1.29, 1.82) is 0 Å². The van der Waals surface area contributed by atoms with Crippen molar-refractivity contribution in [2.24, 2.45) is 0 Å². The Kier molecular flexibility index (Phi) is 6.29. The van der Waals surface area contributed by atoms with Crippen molar-refractivity contribution < 1.29 is 32.4 Å². The van der Waals surface area contributed by atoms with Gasteiger partial charge in [-0.1, -0.05) is 6.07 Å². The van der Waals surface area contributed by atoms with Gasteiger partial charge in [-0.3, -0.25) is 14.9 Å². The number of amides is 1. The van der Waals surface area contributed by atoms with E-state index < -0.39 is 46.5 Å². The molecule has 11 heteroatoms. The van der Waals surface area contributed by atoms with Gasteiger partial charge in [0.05, 0.1) is 10.5 Å². The van der Waals surface area contributed by atoms with E-state index in [0.717, 1.165) is 17.0 Å². The molecule has 0 aliphatic rings. The number of carbonyl (C=O) groups is 2. The Balaban J connectivity index is 1.98. The number of nitrogens with one attached hydrogen (secondary N) is 1. The minimum absolute atomic E-state index is 0.311. The maximum atomic E-state index is 12.6. The number of benzene rings is 1. The summed E-state index contributed by atoms with van der Waals surface area (Å²) in [5, 5.41) is 14.8. The monoisotopic (exact) mass is 400 g/mol.